The smallest absolute Gasteiger partial charge is 0.141 e. The van der Waals surface area contributed by atoms with Crippen molar-refractivity contribution in [2.45, 2.75) is 32.8 Å². The highest BCUT2D eigenvalue weighted by atomic mass is 16.5. The summed E-state index contributed by atoms with van der Waals surface area (Å²) >= 11 is 0. The lowest BCUT2D eigenvalue weighted by molar-refractivity contribution is 0.0664. The molecule has 25 heavy (non-hydrogen) atoms. The minimum absolute atomic E-state index is 0.196. The summed E-state index contributed by atoms with van der Waals surface area (Å²) in [6.07, 6.45) is 2.95. The first kappa shape index (κ1) is 16.3. The quantitative estimate of drug-likeness (QED) is 0.744. The summed E-state index contributed by atoms with van der Waals surface area (Å²) in [5.74, 6) is 1.54. The first-order valence-electron chi connectivity index (χ1n) is 8.91. The topological polar surface area (TPSA) is 80.3 Å². The molecule has 0 unspecified atom stereocenters. The van der Waals surface area contributed by atoms with Crippen molar-refractivity contribution in [1.29, 1.82) is 0 Å². The number of pyridine rings is 1. The number of ether oxygens (including phenoxy) is 2. The molecule has 1 aliphatic rings. The van der Waals surface area contributed by atoms with Crippen molar-refractivity contribution in [2.24, 2.45) is 5.92 Å². The first-order valence-corrected chi connectivity index (χ1v) is 8.91. The predicted octanol–water partition coefficient (Wildman–Crippen LogP) is 3.32. The van der Waals surface area contributed by atoms with Crippen molar-refractivity contribution in [2.75, 3.05) is 19.8 Å². The van der Waals surface area contributed by atoms with Crippen LogP contribution in [0.4, 0.5) is 0 Å². The molecule has 1 aliphatic heterocycles. The number of aromatic nitrogens is 3. The molecule has 3 heterocycles. The molecule has 0 amide bonds. The Morgan fingerprint density at radius 2 is 2.08 bits per heavy atom. The number of benzene rings is 1. The van der Waals surface area contributed by atoms with Crippen molar-refractivity contribution < 1.29 is 14.6 Å². The van der Waals surface area contributed by atoms with Gasteiger partial charge in [0.15, 0.2) is 0 Å². The summed E-state index contributed by atoms with van der Waals surface area (Å²) in [5.41, 5.74) is 3.40. The SMILES string of the molecule is CCOCc1nc2c([nH]1)c(CC1CCOCC1)nc1c(O)cccc12. The number of phenols is 1. The lowest BCUT2D eigenvalue weighted by Gasteiger charge is -2.21. The first-order chi connectivity index (χ1) is 12.3. The third-order valence-electron chi connectivity index (χ3n) is 4.82. The van der Waals surface area contributed by atoms with Crippen LogP contribution in [0.1, 0.15) is 31.3 Å². The monoisotopic (exact) mass is 341 g/mol. The molecule has 0 bridgehead atoms. The largest absolute Gasteiger partial charge is 0.506 e. The van der Waals surface area contributed by atoms with Crippen LogP contribution in [0.15, 0.2) is 18.2 Å². The third-order valence-corrected chi connectivity index (χ3v) is 4.82. The second-order valence-electron chi connectivity index (χ2n) is 6.54. The van der Waals surface area contributed by atoms with E-state index in [9.17, 15) is 5.11 Å². The summed E-state index contributed by atoms with van der Waals surface area (Å²) in [7, 11) is 0. The maximum atomic E-state index is 10.3. The van der Waals surface area contributed by atoms with Gasteiger partial charge in [-0.2, -0.15) is 0 Å². The predicted molar refractivity (Wildman–Crippen MR) is 95.6 cm³/mol. The maximum absolute atomic E-state index is 10.3. The molecule has 0 radical (unpaired) electrons. The number of hydrogen-bond donors (Lipinski definition) is 2. The minimum atomic E-state index is 0.196. The number of hydrogen-bond acceptors (Lipinski definition) is 5. The summed E-state index contributed by atoms with van der Waals surface area (Å²) < 4.78 is 11.0. The fourth-order valence-electron chi connectivity index (χ4n) is 3.50. The zero-order chi connectivity index (χ0) is 17.2. The van der Waals surface area contributed by atoms with Gasteiger partial charge in [-0.3, -0.25) is 0 Å². The van der Waals surface area contributed by atoms with Crippen LogP contribution < -0.4 is 0 Å². The Morgan fingerprint density at radius 1 is 1.24 bits per heavy atom. The van der Waals surface area contributed by atoms with Gasteiger partial charge in [0.25, 0.3) is 0 Å². The van der Waals surface area contributed by atoms with Gasteiger partial charge in [-0.05, 0) is 38.2 Å². The van der Waals surface area contributed by atoms with Gasteiger partial charge in [0.1, 0.15) is 29.2 Å². The zero-order valence-corrected chi connectivity index (χ0v) is 14.4. The van der Waals surface area contributed by atoms with Crippen molar-refractivity contribution in [3.05, 3.63) is 29.7 Å². The van der Waals surface area contributed by atoms with E-state index in [1.54, 1.807) is 6.07 Å². The molecule has 3 aromatic rings. The number of phenolic OH excluding ortho intramolecular Hbond substituents is 1. The van der Waals surface area contributed by atoms with Crippen LogP contribution in [-0.4, -0.2) is 39.9 Å². The van der Waals surface area contributed by atoms with Gasteiger partial charge >= 0.3 is 0 Å². The van der Waals surface area contributed by atoms with Gasteiger partial charge in [0.2, 0.25) is 0 Å². The van der Waals surface area contributed by atoms with Gasteiger partial charge in [-0.1, -0.05) is 12.1 Å². The van der Waals surface area contributed by atoms with E-state index < -0.39 is 0 Å². The third kappa shape index (κ3) is 3.19. The average molecular weight is 341 g/mol. The molecule has 0 atom stereocenters. The summed E-state index contributed by atoms with van der Waals surface area (Å²) in [6.45, 7) is 4.68. The number of fused-ring (bicyclic) bond motifs is 3. The number of nitrogens with one attached hydrogen (secondary N) is 1. The highest BCUT2D eigenvalue weighted by Gasteiger charge is 2.20. The Morgan fingerprint density at radius 3 is 2.88 bits per heavy atom. The van der Waals surface area contributed by atoms with Crippen LogP contribution in [0.3, 0.4) is 0 Å². The number of para-hydroxylation sites is 1. The number of nitrogens with zero attached hydrogens (tertiary/aromatic N) is 2. The number of H-pyrrole nitrogens is 1. The molecular weight excluding hydrogens is 318 g/mol. The molecule has 1 aromatic carbocycles. The Kier molecular flexibility index (Phi) is 4.55. The normalized spacial score (nSPS) is 16.0. The van der Waals surface area contributed by atoms with Gasteiger partial charge in [-0.15, -0.1) is 0 Å². The molecule has 132 valence electrons. The fourth-order valence-corrected chi connectivity index (χ4v) is 3.50. The van der Waals surface area contributed by atoms with E-state index in [-0.39, 0.29) is 5.75 Å². The fraction of sp³-hybridized carbons (Fsp3) is 0.474. The second kappa shape index (κ2) is 6.98. The van der Waals surface area contributed by atoms with Crippen LogP contribution in [-0.2, 0) is 22.5 Å². The molecule has 4 rings (SSSR count). The molecular formula is C19H23N3O3. The van der Waals surface area contributed by atoms with E-state index in [4.69, 9.17) is 19.4 Å². The maximum Gasteiger partial charge on any atom is 0.141 e. The van der Waals surface area contributed by atoms with Crippen LogP contribution in [0.2, 0.25) is 0 Å². The minimum Gasteiger partial charge on any atom is -0.506 e. The summed E-state index contributed by atoms with van der Waals surface area (Å²) in [5, 5.41) is 11.1. The molecule has 2 aromatic heterocycles. The molecule has 1 saturated heterocycles. The van der Waals surface area contributed by atoms with Crippen LogP contribution in [0.25, 0.3) is 21.9 Å². The van der Waals surface area contributed by atoms with Crippen LogP contribution in [0.5, 0.6) is 5.75 Å². The van der Waals surface area contributed by atoms with E-state index in [2.05, 4.69) is 4.98 Å². The van der Waals surface area contributed by atoms with Crippen molar-refractivity contribution in [3.63, 3.8) is 0 Å². The van der Waals surface area contributed by atoms with E-state index in [1.165, 1.54) is 0 Å². The molecule has 0 aliphatic carbocycles. The second-order valence-corrected chi connectivity index (χ2v) is 6.54. The van der Waals surface area contributed by atoms with Gasteiger partial charge in [0.05, 0.1) is 11.2 Å². The van der Waals surface area contributed by atoms with E-state index >= 15 is 0 Å². The van der Waals surface area contributed by atoms with Crippen LogP contribution >= 0.6 is 0 Å². The van der Waals surface area contributed by atoms with Gasteiger partial charge in [0, 0.05) is 25.2 Å². The van der Waals surface area contributed by atoms with E-state index in [0.717, 1.165) is 60.4 Å². The molecule has 2 N–H and O–H groups in total. The highest BCUT2D eigenvalue weighted by Crippen LogP contribution is 2.32. The number of rotatable bonds is 5. The van der Waals surface area contributed by atoms with Gasteiger partial charge in [-0.25, -0.2) is 9.97 Å². The average Bonchev–Trinajstić information content (AvgIpc) is 3.06. The number of imidazole rings is 1. The number of aromatic hydroxyl groups is 1. The Balaban J connectivity index is 1.82. The Labute approximate surface area is 146 Å². The zero-order valence-electron chi connectivity index (χ0n) is 14.4. The Hall–Kier alpha value is -2.18. The summed E-state index contributed by atoms with van der Waals surface area (Å²) in [6, 6.07) is 5.45. The molecule has 0 saturated carbocycles. The number of aromatic amines is 1. The Bertz CT molecular complexity index is 884. The molecule has 6 nitrogen and oxygen atoms in total. The summed E-state index contributed by atoms with van der Waals surface area (Å²) in [4.78, 5) is 12.9. The highest BCUT2D eigenvalue weighted by molar-refractivity contribution is 6.05. The molecule has 6 heteroatoms. The standard InChI is InChI=1S/C19H23N3O3/c1-2-24-11-16-21-18-13-4-3-5-15(23)17(13)20-14(19(18)22-16)10-12-6-8-25-9-7-12/h3-5,12,23H,2,6-11H2,1H3,(H,21,22). The lowest BCUT2D eigenvalue weighted by Crippen LogP contribution is -2.18. The van der Waals surface area contributed by atoms with E-state index in [1.807, 2.05) is 19.1 Å². The van der Waals surface area contributed by atoms with Crippen molar-refractivity contribution in [1.82, 2.24) is 15.0 Å². The lowest BCUT2D eigenvalue weighted by atomic mass is 9.94. The molecule has 0 spiro atoms. The van der Waals surface area contributed by atoms with Crippen molar-refractivity contribution in [3.8, 4) is 5.75 Å². The molecule has 1 fully saturated rings. The van der Waals surface area contributed by atoms with E-state index in [0.29, 0.717) is 24.6 Å². The van der Waals surface area contributed by atoms with Crippen molar-refractivity contribution >= 4 is 21.9 Å². The van der Waals surface area contributed by atoms with Gasteiger partial charge < -0.3 is 19.6 Å². The van der Waals surface area contributed by atoms with Crippen LogP contribution in [0, 0.1) is 5.92 Å².